The molecular weight excluding hydrogens is 260 g/mol. The molecule has 0 heterocycles. The van der Waals surface area contributed by atoms with E-state index in [0.717, 1.165) is 24.8 Å². The van der Waals surface area contributed by atoms with Crippen LogP contribution >= 0.6 is 0 Å². The van der Waals surface area contributed by atoms with E-state index in [1.165, 1.54) is 0 Å². The number of hydrogen-bond donors (Lipinski definition) is 0. The van der Waals surface area contributed by atoms with E-state index >= 15 is 0 Å². The van der Waals surface area contributed by atoms with E-state index in [-0.39, 0.29) is 5.78 Å². The molecule has 110 valence electrons. The lowest BCUT2D eigenvalue weighted by Gasteiger charge is -2.17. The summed E-state index contributed by atoms with van der Waals surface area (Å²) in [6.07, 6.45) is 2.75. The molecule has 1 unspecified atom stereocenters. The third kappa shape index (κ3) is 4.54. The van der Waals surface area contributed by atoms with Crippen LogP contribution in [0.15, 0.2) is 60.7 Å². The number of benzene rings is 2. The number of Topliss-reactive ketones (excluding diaryl/α,β-unsaturated/α-hetero) is 1. The van der Waals surface area contributed by atoms with Crippen molar-refractivity contribution in [3.63, 3.8) is 0 Å². The van der Waals surface area contributed by atoms with Crippen LogP contribution < -0.4 is 0 Å². The summed E-state index contributed by atoms with van der Waals surface area (Å²) >= 11 is 0. The zero-order valence-electron chi connectivity index (χ0n) is 12.5. The Morgan fingerprint density at radius 3 is 2.19 bits per heavy atom. The van der Waals surface area contributed by atoms with Gasteiger partial charge in [-0.15, -0.1) is 0 Å². The fraction of sp³-hybridized carbons (Fsp3) is 0.316. The van der Waals surface area contributed by atoms with Crippen LogP contribution in [0, 0.1) is 0 Å². The molecule has 0 saturated heterocycles. The largest absolute Gasteiger partial charge is 0.365 e. The molecule has 0 aliphatic heterocycles. The van der Waals surface area contributed by atoms with Crippen molar-refractivity contribution >= 4 is 5.78 Å². The van der Waals surface area contributed by atoms with Crippen LogP contribution in [0.2, 0.25) is 0 Å². The van der Waals surface area contributed by atoms with Crippen LogP contribution in [-0.2, 0) is 4.74 Å². The summed E-state index contributed by atoms with van der Waals surface area (Å²) in [7, 11) is 0. The van der Waals surface area contributed by atoms with E-state index in [2.05, 4.69) is 6.92 Å². The lowest BCUT2D eigenvalue weighted by atomic mass is 10.00. The number of ketones is 1. The molecule has 0 saturated carbocycles. The molecule has 1 atom stereocenters. The second kappa shape index (κ2) is 8.38. The fourth-order valence-electron chi connectivity index (χ4n) is 2.26. The number of ether oxygens (including phenoxy) is 1. The van der Waals surface area contributed by atoms with Gasteiger partial charge in [0.25, 0.3) is 0 Å². The summed E-state index contributed by atoms with van der Waals surface area (Å²) in [4.78, 5) is 12.7. The molecular formula is C19H22O2. The summed E-state index contributed by atoms with van der Waals surface area (Å²) in [5.74, 6) is 0.0262. The average Bonchev–Trinajstić information content (AvgIpc) is 2.56. The molecule has 2 heteroatoms. The zero-order valence-corrected chi connectivity index (χ0v) is 12.5. The Morgan fingerprint density at radius 1 is 0.952 bits per heavy atom. The molecule has 0 aliphatic carbocycles. The van der Waals surface area contributed by atoms with Gasteiger partial charge in [0, 0.05) is 12.2 Å². The van der Waals surface area contributed by atoms with Gasteiger partial charge in [-0.05, 0) is 12.0 Å². The molecule has 2 rings (SSSR count). The summed E-state index contributed by atoms with van der Waals surface area (Å²) in [5.41, 5.74) is 1.62. The topological polar surface area (TPSA) is 26.3 Å². The second-order valence-corrected chi connectivity index (χ2v) is 5.10. The van der Waals surface area contributed by atoms with Gasteiger partial charge < -0.3 is 4.74 Å². The Balaban J connectivity index is 2.14. The highest BCUT2D eigenvalue weighted by Gasteiger charge is 2.22. The van der Waals surface area contributed by atoms with Crippen LogP contribution in [0.25, 0.3) is 0 Å². The third-order valence-electron chi connectivity index (χ3n) is 3.43. The smallest absolute Gasteiger partial charge is 0.196 e. The molecule has 2 nitrogen and oxygen atoms in total. The highest BCUT2D eigenvalue weighted by atomic mass is 16.5. The summed E-state index contributed by atoms with van der Waals surface area (Å²) in [5, 5.41) is 0. The van der Waals surface area contributed by atoms with E-state index in [1.807, 2.05) is 60.7 Å². The van der Waals surface area contributed by atoms with Gasteiger partial charge in [-0.25, -0.2) is 0 Å². The first kappa shape index (κ1) is 15.5. The Labute approximate surface area is 126 Å². The highest BCUT2D eigenvalue weighted by molar-refractivity contribution is 6.00. The van der Waals surface area contributed by atoms with E-state index in [9.17, 15) is 4.79 Å². The van der Waals surface area contributed by atoms with Crippen LogP contribution in [-0.4, -0.2) is 12.4 Å². The van der Waals surface area contributed by atoms with Crippen molar-refractivity contribution in [3.8, 4) is 0 Å². The van der Waals surface area contributed by atoms with Gasteiger partial charge in [0.1, 0.15) is 6.10 Å². The normalized spacial score (nSPS) is 12.0. The minimum absolute atomic E-state index is 0.0262. The maximum atomic E-state index is 12.7. The molecule has 0 amide bonds. The molecule has 2 aromatic rings. The molecule has 0 aromatic heterocycles. The summed E-state index contributed by atoms with van der Waals surface area (Å²) in [6, 6.07) is 19.1. The SMILES string of the molecule is CCCCCOC(C(=O)c1ccccc1)c1ccccc1. The van der Waals surface area contributed by atoms with Crippen LogP contribution in [0.5, 0.6) is 0 Å². The number of rotatable bonds is 8. The van der Waals surface area contributed by atoms with Gasteiger partial charge in [0.15, 0.2) is 5.78 Å². The van der Waals surface area contributed by atoms with Gasteiger partial charge in [0.05, 0.1) is 0 Å². The average molecular weight is 282 g/mol. The van der Waals surface area contributed by atoms with Crippen molar-refractivity contribution in [1.29, 1.82) is 0 Å². The van der Waals surface area contributed by atoms with Crippen molar-refractivity contribution < 1.29 is 9.53 Å². The lowest BCUT2D eigenvalue weighted by Crippen LogP contribution is -2.17. The Morgan fingerprint density at radius 2 is 1.57 bits per heavy atom. The predicted molar refractivity (Wildman–Crippen MR) is 85.4 cm³/mol. The molecule has 2 aromatic carbocycles. The molecule has 0 radical (unpaired) electrons. The zero-order chi connectivity index (χ0) is 14.9. The third-order valence-corrected chi connectivity index (χ3v) is 3.43. The number of unbranched alkanes of at least 4 members (excludes halogenated alkanes) is 2. The van der Waals surface area contributed by atoms with Crippen molar-refractivity contribution in [3.05, 3.63) is 71.8 Å². The van der Waals surface area contributed by atoms with Gasteiger partial charge in [0.2, 0.25) is 0 Å². The van der Waals surface area contributed by atoms with E-state index in [0.29, 0.717) is 12.2 Å². The standard InChI is InChI=1S/C19H22O2/c1-2-3-10-15-21-19(17-13-8-5-9-14-17)18(20)16-11-6-4-7-12-16/h4-9,11-14,19H,2-3,10,15H2,1H3. The minimum atomic E-state index is -0.509. The first-order chi connectivity index (χ1) is 10.3. The molecule has 0 spiro atoms. The first-order valence-corrected chi connectivity index (χ1v) is 7.58. The van der Waals surface area contributed by atoms with E-state index < -0.39 is 6.10 Å². The Bertz CT molecular complexity index is 534. The van der Waals surface area contributed by atoms with Crippen molar-refractivity contribution in [1.82, 2.24) is 0 Å². The predicted octanol–water partition coefficient (Wildman–Crippen LogP) is 4.82. The summed E-state index contributed by atoms with van der Waals surface area (Å²) in [6.45, 7) is 2.77. The monoisotopic (exact) mass is 282 g/mol. The molecule has 0 bridgehead atoms. The van der Waals surface area contributed by atoms with Crippen molar-refractivity contribution in [2.45, 2.75) is 32.3 Å². The number of carbonyl (C=O) groups is 1. The highest BCUT2D eigenvalue weighted by Crippen LogP contribution is 2.22. The molecule has 21 heavy (non-hydrogen) atoms. The fourth-order valence-corrected chi connectivity index (χ4v) is 2.26. The molecule has 0 N–H and O–H groups in total. The van der Waals surface area contributed by atoms with Crippen LogP contribution in [0.1, 0.15) is 48.2 Å². The minimum Gasteiger partial charge on any atom is -0.365 e. The van der Waals surface area contributed by atoms with Crippen molar-refractivity contribution in [2.24, 2.45) is 0 Å². The lowest BCUT2D eigenvalue weighted by molar-refractivity contribution is 0.0392. The molecule has 0 fully saturated rings. The van der Waals surface area contributed by atoms with E-state index in [1.54, 1.807) is 0 Å². The summed E-state index contributed by atoms with van der Waals surface area (Å²) < 4.78 is 5.90. The second-order valence-electron chi connectivity index (χ2n) is 5.10. The van der Waals surface area contributed by atoms with Gasteiger partial charge in [-0.3, -0.25) is 4.79 Å². The maximum absolute atomic E-state index is 12.7. The number of carbonyl (C=O) groups excluding carboxylic acids is 1. The van der Waals surface area contributed by atoms with E-state index in [4.69, 9.17) is 4.74 Å². The van der Waals surface area contributed by atoms with Crippen LogP contribution in [0.4, 0.5) is 0 Å². The molecule has 0 aliphatic rings. The van der Waals surface area contributed by atoms with Crippen LogP contribution in [0.3, 0.4) is 0 Å². The van der Waals surface area contributed by atoms with Gasteiger partial charge in [-0.1, -0.05) is 80.4 Å². The van der Waals surface area contributed by atoms with Gasteiger partial charge in [-0.2, -0.15) is 0 Å². The Hall–Kier alpha value is -1.93. The number of hydrogen-bond acceptors (Lipinski definition) is 2. The Kier molecular flexibility index (Phi) is 6.17. The van der Waals surface area contributed by atoms with Crippen molar-refractivity contribution in [2.75, 3.05) is 6.61 Å². The first-order valence-electron chi connectivity index (χ1n) is 7.58. The maximum Gasteiger partial charge on any atom is 0.196 e. The van der Waals surface area contributed by atoms with Gasteiger partial charge >= 0.3 is 0 Å². The quantitative estimate of drug-likeness (QED) is 0.512.